The molecule has 2 saturated heterocycles. The molecular formula is C17H26ClN3O2. The molecule has 1 aromatic carbocycles. The number of rotatable bonds is 3. The molecule has 0 bridgehead atoms. The van der Waals surface area contributed by atoms with Crippen molar-refractivity contribution in [2.45, 2.75) is 12.8 Å². The minimum atomic E-state index is 0. The van der Waals surface area contributed by atoms with Gasteiger partial charge in [0.1, 0.15) is 5.75 Å². The van der Waals surface area contributed by atoms with Gasteiger partial charge in [0.15, 0.2) is 0 Å². The van der Waals surface area contributed by atoms with Crippen LogP contribution in [0.25, 0.3) is 0 Å². The van der Waals surface area contributed by atoms with E-state index in [1.54, 1.807) is 7.11 Å². The lowest BCUT2D eigenvalue weighted by atomic mass is 9.96. The van der Waals surface area contributed by atoms with E-state index in [4.69, 9.17) is 4.74 Å². The molecule has 0 aromatic heterocycles. The number of nitrogens with zero attached hydrogens (tertiary/aromatic N) is 2. The summed E-state index contributed by atoms with van der Waals surface area (Å²) in [6.07, 6.45) is 1.96. The highest BCUT2D eigenvalue weighted by molar-refractivity contribution is 5.85. The van der Waals surface area contributed by atoms with Crippen LogP contribution < -0.4 is 15.0 Å². The fourth-order valence-corrected chi connectivity index (χ4v) is 3.32. The Bertz CT molecular complexity index is 512. The third-order valence-electron chi connectivity index (χ3n) is 4.70. The van der Waals surface area contributed by atoms with E-state index in [1.807, 2.05) is 17.0 Å². The number of halogens is 1. The zero-order chi connectivity index (χ0) is 15.4. The first-order valence-electron chi connectivity index (χ1n) is 8.16. The predicted molar refractivity (Wildman–Crippen MR) is 94.6 cm³/mol. The van der Waals surface area contributed by atoms with Crippen LogP contribution in [0.3, 0.4) is 0 Å². The van der Waals surface area contributed by atoms with Crippen molar-refractivity contribution in [1.82, 2.24) is 10.2 Å². The van der Waals surface area contributed by atoms with Gasteiger partial charge in [-0.1, -0.05) is 6.07 Å². The number of nitrogens with one attached hydrogen (secondary N) is 1. The van der Waals surface area contributed by atoms with Crippen LogP contribution in [0.2, 0.25) is 0 Å². The Morgan fingerprint density at radius 3 is 2.52 bits per heavy atom. The monoisotopic (exact) mass is 339 g/mol. The summed E-state index contributed by atoms with van der Waals surface area (Å²) in [6, 6.07) is 8.14. The van der Waals surface area contributed by atoms with Crippen LogP contribution in [0.4, 0.5) is 5.69 Å². The fraction of sp³-hybridized carbons (Fsp3) is 0.588. The van der Waals surface area contributed by atoms with Crippen LogP contribution >= 0.6 is 12.4 Å². The molecule has 0 aliphatic carbocycles. The second-order valence-corrected chi connectivity index (χ2v) is 6.04. The summed E-state index contributed by atoms with van der Waals surface area (Å²) < 4.78 is 5.29. The van der Waals surface area contributed by atoms with E-state index in [2.05, 4.69) is 22.3 Å². The van der Waals surface area contributed by atoms with Crippen LogP contribution in [0.1, 0.15) is 12.8 Å². The Balaban J connectivity index is 0.00000192. The van der Waals surface area contributed by atoms with E-state index in [1.165, 1.54) is 5.69 Å². The number of amides is 1. The molecule has 2 aliphatic heterocycles. The Morgan fingerprint density at radius 1 is 1.17 bits per heavy atom. The van der Waals surface area contributed by atoms with Crippen LogP contribution in [-0.2, 0) is 4.79 Å². The van der Waals surface area contributed by atoms with Crippen molar-refractivity contribution >= 4 is 24.0 Å². The lowest BCUT2D eigenvalue weighted by Crippen LogP contribution is -2.51. The van der Waals surface area contributed by atoms with E-state index >= 15 is 0 Å². The molecule has 2 fully saturated rings. The molecule has 2 heterocycles. The van der Waals surface area contributed by atoms with E-state index < -0.39 is 0 Å². The quantitative estimate of drug-likeness (QED) is 0.911. The largest absolute Gasteiger partial charge is 0.497 e. The molecule has 1 N–H and O–H groups in total. The fourth-order valence-electron chi connectivity index (χ4n) is 3.32. The summed E-state index contributed by atoms with van der Waals surface area (Å²) in [5.41, 5.74) is 1.17. The molecular weight excluding hydrogens is 314 g/mol. The summed E-state index contributed by atoms with van der Waals surface area (Å²) in [5.74, 6) is 1.46. The van der Waals surface area contributed by atoms with Crippen molar-refractivity contribution in [2.75, 3.05) is 51.3 Å². The van der Waals surface area contributed by atoms with E-state index in [9.17, 15) is 4.79 Å². The van der Waals surface area contributed by atoms with E-state index in [0.717, 1.165) is 57.9 Å². The average Bonchev–Trinajstić information content (AvgIpc) is 2.62. The second kappa shape index (κ2) is 8.41. The third kappa shape index (κ3) is 4.30. The number of carbonyl (C=O) groups is 1. The van der Waals surface area contributed by atoms with Crippen molar-refractivity contribution in [1.29, 1.82) is 0 Å². The minimum Gasteiger partial charge on any atom is -0.497 e. The maximum Gasteiger partial charge on any atom is 0.225 e. The van der Waals surface area contributed by atoms with Gasteiger partial charge in [-0.3, -0.25) is 4.79 Å². The lowest BCUT2D eigenvalue weighted by Gasteiger charge is -2.38. The van der Waals surface area contributed by atoms with Gasteiger partial charge in [-0.15, -0.1) is 12.4 Å². The molecule has 128 valence electrons. The number of methoxy groups -OCH3 is 1. The van der Waals surface area contributed by atoms with Crippen molar-refractivity contribution in [3.8, 4) is 5.75 Å². The number of hydrogen-bond donors (Lipinski definition) is 1. The van der Waals surface area contributed by atoms with Crippen molar-refractivity contribution < 1.29 is 9.53 Å². The standard InChI is InChI=1S/C17H25N3O2.ClH/c1-22-16-4-2-3-15(13-16)19-9-11-20(12-10-19)17(21)14-5-7-18-8-6-14;/h2-4,13-14,18H,5-12H2,1H3;1H. The molecule has 0 atom stereocenters. The highest BCUT2D eigenvalue weighted by Gasteiger charge is 2.28. The van der Waals surface area contributed by atoms with Gasteiger partial charge in [0, 0.05) is 43.9 Å². The summed E-state index contributed by atoms with van der Waals surface area (Å²) >= 11 is 0. The predicted octanol–water partition coefficient (Wildman–Crippen LogP) is 1.77. The number of benzene rings is 1. The first-order chi connectivity index (χ1) is 10.8. The van der Waals surface area contributed by atoms with Gasteiger partial charge in [-0.2, -0.15) is 0 Å². The van der Waals surface area contributed by atoms with Gasteiger partial charge in [0.2, 0.25) is 5.91 Å². The summed E-state index contributed by atoms with van der Waals surface area (Å²) in [5, 5.41) is 3.32. The third-order valence-corrected chi connectivity index (χ3v) is 4.70. The number of hydrogen-bond acceptors (Lipinski definition) is 4. The number of carbonyl (C=O) groups excluding carboxylic acids is 1. The van der Waals surface area contributed by atoms with Gasteiger partial charge < -0.3 is 19.9 Å². The maximum atomic E-state index is 12.6. The molecule has 3 rings (SSSR count). The van der Waals surface area contributed by atoms with Crippen LogP contribution in [0, 0.1) is 5.92 Å². The Labute approximate surface area is 144 Å². The molecule has 0 unspecified atom stereocenters. The minimum absolute atomic E-state index is 0. The Morgan fingerprint density at radius 2 is 1.87 bits per heavy atom. The second-order valence-electron chi connectivity index (χ2n) is 6.04. The summed E-state index contributed by atoms with van der Waals surface area (Å²) in [7, 11) is 1.69. The Kier molecular flexibility index (Phi) is 6.54. The maximum absolute atomic E-state index is 12.6. The van der Waals surface area contributed by atoms with Gasteiger partial charge in [-0.05, 0) is 38.1 Å². The highest BCUT2D eigenvalue weighted by Crippen LogP contribution is 2.23. The zero-order valence-corrected chi connectivity index (χ0v) is 14.5. The van der Waals surface area contributed by atoms with Crippen LogP contribution in [0.5, 0.6) is 5.75 Å². The molecule has 0 radical (unpaired) electrons. The average molecular weight is 340 g/mol. The molecule has 5 nitrogen and oxygen atoms in total. The summed E-state index contributed by atoms with van der Waals surface area (Å²) in [6.45, 7) is 5.37. The van der Waals surface area contributed by atoms with Gasteiger partial charge in [0.05, 0.1) is 7.11 Å². The van der Waals surface area contributed by atoms with Crippen LogP contribution in [-0.4, -0.2) is 57.2 Å². The molecule has 2 aliphatic rings. The number of piperazine rings is 1. The number of ether oxygens (including phenoxy) is 1. The molecule has 1 amide bonds. The summed E-state index contributed by atoms with van der Waals surface area (Å²) in [4.78, 5) is 16.9. The molecule has 6 heteroatoms. The molecule has 0 spiro atoms. The van der Waals surface area contributed by atoms with Crippen molar-refractivity contribution in [3.05, 3.63) is 24.3 Å². The lowest BCUT2D eigenvalue weighted by molar-refractivity contribution is -0.136. The van der Waals surface area contributed by atoms with Gasteiger partial charge in [-0.25, -0.2) is 0 Å². The molecule has 0 saturated carbocycles. The first kappa shape index (κ1) is 17.9. The highest BCUT2D eigenvalue weighted by atomic mass is 35.5. The number of anilines is 1. The SMILES string of the molecule is COc1cccc(N2CCN(C(=O)C3CCNCC3)CC2)c1.Cl. The zero-order valence-electron chi connectivity index (χ0n) is 13.7. The van der Waals surface area contributed by atoms with E-state index in [0.29, 0.717) is 5.91 Å². The normalized spacial score (nSPS) is 19.2. The Hall–Kier alpha value is -1.46. The topological polar surface area (TPSA) is 44.8 Å². The van der Waals surface area contributed by atoms with Crippen LogP contribution in [0.15, 0.2) is 24.3 Å². The molecule has 23 heavy (non-hydrogen) atoms. The van der Waals surface area contributed by atoms with Gasteiger partial charge >= 0.3 is 0 Å². The van der Waals surface area contributed by atoms with Crippen molar-refractivity contribution in [2.24, 2.45) is 5.92 Å². The van der Waals surface area contributed by atoms with E-state index in [-0.39, 0.29) is 18.3 Å². The smallest absolute Gasteiger partial charge is 0.225 e. The van der Waals surface area contributed by atoms with Gasteiger partial charge in [0.25, 0.3) is 0 Å². The van der Waals surface area contributed by atoms with Crippen molar-refractivity contribution in [3.63, 3.8) is 0 Å². The first-order valence-corrected chi connectivity index (χ1v) is 8.16. The number of piperidine rings is 1. The molecule has 1 aromatic rings.